The minimum atomic E-state index is -1.77. The van der Waals surface area contributed by atoms with Crippen LogP contribution in [-0.4, -0.2) is 44.6 Å². The van der Waals surface area contributed by atoms with Gasteiger partial charge in [-0.15, -0.1) is 0 Å². The Morgan fingerprint density at radius 1 is 1.16 bits per heavy atom. The van der Waals surface area contributed by atoms with Gasteiger partial charge >= 0.3 is 0 Å². The van der Waals surface area contributed by atoms with E-state index in [1.165, 1.54) is 0 Å². The van der Waals surface area contributed by atoms with Gasteiger partial charge in [-0.25, -0.2) is 0 Å². The Balaban J connectivity index is 2.61. The molecule has 0 unspecified atom stereocenters. The Morgan fingerprint density at radius 3 is 2.16 bits per heavy atom. The molecule has 4 nitrogen and oxygen atoms in total. The molecule has 0 aliphatic carbocycles. The molecule has 5 heteroatoms. The molecular formula is C14H30O4Si. The van der Waals surface area contributed by atoms with Crippen molar-refractivity contribution in [1.29, 1.82) is 0 Å². The molecule has 0 bridgehead atoms. The van der Waals surface area contributed by atoms with Gasteiger partial charge < -0.3 is 19.0 Å². The topological polar surface area (TPSA) is 47.9 Å². The molecule has 1 fully saturated rings. The van der Waals surface area contributed by atoms with Crippen LogP contribution in [0.4, 0.5) is 0 Å². The Kier molecular flexibility index (Phi) is 5.24. The van der Waals surface area contributed by atoms with Crippen molar-refractivity contribution in [2.45, 2.75) is 77.2 Å². The molecule has 0 aromatic rings. The molecule has 2 atom stereocenters. The molecule has 19 heavy (non-hydrogen) atoms. The van der Waals surface area contributed by atoms with Crippen molar-refractivity contribution >= 4 is 8.32 Å². The summed E-state index contributed by atoms with van der Waals surface area (Å²) in [6.45, 7) is 15.6. The summed E-state index contributed by atoms with van der Waals surface area (Å²) < 4.78 is 17.9. The van der Waals surface area contributed by atoms with Gasteiger partial charge in [0.25, 0.3) is 0 Å². The zero-order chi connectivity index (χ0) is 14.9. The summed E-state index contributed by atoms with van der Waals surface area (Å²) in [5.41, 5.74) is 0. The number of hydrogen-bond acceptors (Lipinski definition) is 4. The van der Waals surface area contributed by atoms with E-state index in [9.17, 15) is 0 Å². The lowest BCUT2D eigenvalue weighted by Gasteiger charge is -2.37. The highest BCUT2D eigenvalue weighted by atomic mass is 28.4. The van der Waals surface area contributed by atoms with Crippen LogP contribution in [0.5, 0.6) is 0 Å². The van der Waals surface area contributed by atoms with Crippen LogP contribution >= 0.6 is 0 Å². The highest BCUT2D eigenvalue weighted by molar-refractivity contribution is 6.74. The smallest absolute Gasteiger partial charge is 0.192 e. The van der Waals surface area contributed by atoms with Crippen LogP contribution in [0.25, 0.3) is 0 Å². The van der Waals surface area contributed by atoms with Crippen molar-refractivity contribution < 1.29 is 19.0 Å². The lowest BCUT2D eigenvalue weighted by atomic mass is 10.1. The summed E-state index contributed by atoms with van der Waals surface area (Å²) in [6, 6.07) is 0. The van der Waals surface area contributed by atoms with Gasteiger partial charge in [0.2, 0.25) is 0 Å². The number of aliphatic hydroxyl groups excluding tert-OH is 1. The monoisotopic (exact) mass is 290 g/mol. The minimum Gasteiger partial charge on any atom is -0.414 e. The van der Waals surface area contributed by atoms with E-state index in [1.807, 2.05) is 13.8 Å². The van der Waals surface area contributed by atoms with Gasteiger partial charge in [-0.3, -0.25) is 0 Å². The molecule has 0 aromatic heterocycles. The fraction of sp³-hybridized carbons (Fsp3) is 1.00. The van der Waals surface area contributed by atoms with Crippen molar-refractivity contribution in [3.05, 3.63) is 0 Å². The van der Waals surface area contributed by atoms with E-state index < -0.39 is 14.1 Å². The number of rotatable bonds is 5. The summed E-state index contributed by atoms with van der Waals surface area (Å²) in [5, 5.41) is 9.29. The second-order valence-electron chi connectivity index (χ2n) is 7.30. The maximum atomic E-state index is 9.10. The molecule has 0 spiro atoms. The summed E-state index contributed by atoms with van der Waals surface area (Å²) in [7, 11) is -1.77. The summed E-state index contributed by atoms with van der Waals surface area (Å²) in [4.78, 5) is 0. The number of aliphatic hydroxyl groups is 1. The lowest BCUT2D eigenvalue weighted by Crippen LogP contribution is -2.44. The second-order valence-corrected chi connectivity index (χ2v) is 12.1. The SMILES string of the molecule is CC1(C)O[C@@H](CO[Si](C)(C)C(C)(C)C)[C@@H](CCO)O1. The van der Waals surface area contributed by atoms with E-state index in [-0.39, 0.29) is 23.9 Å². The second kappa shape index (κ2) is 5.82. The molecule has 1 heterocycles. The molecule has 1 N–H and O–H groups in total. The van der Waals surface area contributed by atoms with E-state index in [1.54, 1.807) is 0 Å². The maximum absolute atomic E-state index is 9.10. The van der Waals surface area contributed by atoms with Crippen molar-refractivity contribution in [2.75, 3.05) is 13.2 Å². The Bertz CT molecular complexity index is 296. The minimum absolute atomic E-state index is 0.0789. The van der Waals surface area contributed by atoms with E-state index >= 15 is 0 Å². The first-order valence-corrected chi connectivity index (χ1v) is 10.00. The van der Waals surface area contributed by atoms with E-state index in [0.29, 0.717) is 13.0 Å². The zero-order valence-corrected chi connectivity index (χ0v) is 14.4. The summed E-state index contributed by atoms with van der Waals surface area (Å²) >= 11 is 0. The maximum Gasteiger partial charge on any atom is 0.192 e. The van der Waals surface area contributed by atoms with Gasteiger partial charge in [-0.05, 0) is 38.4 Å². The lowest BCUT2D eigenvalue weighted by molar-refractivity contribution is -0.149. The third kappa shape index (κ3) is 4.53. The highest BCUT2D eigenvalue weighted by Gasteiger charge is 2.43. The van der Waals surface area contributed by atoms with Crippen molar-refractivity contribution in [1.82, 2.24) is 0 Å². The van der Waals surface area contributed by atoms with E-state index in [2.05, 4.69) is 33.9 Å². The molecule has 0 aromatic carbocycles. The fourth-order valence-electron chi connectivity index (χ4n) is 1.93. The Hall–Kier alpha value is 0.0569. The molecule has 0 saturated carbocycles. The average molecular weight is 290 g/mol. The predicted molar refractivity (Wildman–Crippen MR) is 78.7 cm³/mol. The van der Waals surface area contributed by atoms with Crippen LogP contribution < -0.4 is 0 Å². The molecular weight excluding hydrogens is 260 g/mol. The van der Waals surface area contributed by atoms with Crippen LogP contribution in [0.2, 0.25) is 18.1 Å². The van der Waals surface area contributed by atoms with Crippen molar-refractivity contribution in [2.24, 2.45) is 0 Å². The molecule has 0 amide bonds. The largest absolute Gasteiger partial charge is 0.414 e. The van der Waals surface area contributed by atoms with Crippen LogP contribution in [0.3, 0.4) is 0 Å². The third-order valence-electron chi connectivity index (χ3n) is 4.11. The average Bonchev–Trinajstić information content (AvgIpc) is 2.49. The Morgan fingerprint density at radius 2 is 1.68 bits per heavy atom. The normalized spacial score (nSPS) is 27.8. The molecule has 1 saturated heterocycles. The fourth-order valence-corrected chi connectivity index (χ4v) is 2.94. The van der Waals surface area contributed by atoms with Crippen LogP contribution in [0, 0.1) is 0 Å². The molecule has 1 aliphatic rings. The van der Waals surface area contributed by atoms with E-state index in [0.717, 1.165) is 0 Å². The van der Waals surface area contributed by atoms with Crippen LogP contribution in [0.1, 0.15) is 41.0 Å². The summed E-state index contributed by atoms with van der Waals surface area (Å²) in [6.07, 6.45) is 0.427. The van der Waals surface area contributed by atoms with Gasteiger partial charge in [-0.1, -0.05) is 20.8 Å². The quantitative estimate of drug-likeness (QED) is 0.791. The van der Waals surface area contributed by atoms with Gasteiger partial charge in [-0.2, -0.15) is 0 Å². The standard InChI is InChI=1S/C14H30O4Si/c1-13(2,3)19(6,7)16-10-12-11(8-9-15)17-14(4,5)18-12/h11-12,15H,8-10H2,1-7H3/t11-,12+/m1/s1. The number of hydrogen-bond donors (Lipinski definition) is 1. The van der Waals surface area contributed by atoms with Gasteiger partial charge in [0.05, 0.1) is 12.7 Å². The highest BCUT2D eigenvalue weighted by Crippen LogP contribution is 2.38. The number of ether oxygens (including phenoxy) is 2. The van der Waals surface area contributed by atoms with E-state index in [4.69, 9.17) is 19.0 Å². The van der Waals surface area contributed by atoms with Gasteiger partial charge in [0.15, 0.2) is 14.1 Å². The first-order chi connectivity index (χ1) is 8.48. The van der Waals surface area contributed by atoms with Crippen molar-refractivity contribution in [3.63, 3.8) is 0 Å². The van der Waals surface area contributed by atoms with Gasteiger partial charge in [0, 0.05) is 6.61 Å². The molecule has 0 radical (unpaired) electrons. The van der Waals surface area contributed by atoms with Gasteiger partial charge in [0.1, 0.15) is 6.10 Å². The molecule has 1 aliphatic heterocycles. The molecule has 1 rings (SSSR count). The Labute approximate surface area is 118 Å². The third-order valence-corrected chi connectivity index (χ3v) is 8.61. The first kappa shape index (κ1) is 17.1. The van der Waals surface area contributed by atoms with Crippen LogP contribution in [-0.2, 0) is 13.9 Å². The first-order valence-electron chi connectivity index (χ1n) is 7.09. The van der Waals surface area contributed by atoms with Crippen LogP contribution in [0.15, 0.2) is 0 Å². The predicted octanol–water partition coefficient (Wildman–Crippen LogP) is 2.91. The zero-order valence-electron chi connectivity index (χ0n) is 13.4. The molecule has 114 valence electrons. The van der Waals surface area contributed by atoms with Crippen molar-refractivity contribution in [3.8, 4) is 0 Å². The summed E-state index contributed by atoms with van der Waals surface area (Å²) in [5.74, 6) is -0.582.